The molecule has 2 atom stereocenters. The average molecular weight is 370 g/mol. The highest BCUT2D eigenvalue weighted by atomic mass is 16.5. The van der Waals surface area contributed by atoms with Crippen molar-refractivity contribution in [3.05, 3.63) is 12.2 Å². The Morgan fingerprint density at radius 1 is 1.38 bits per heavy atom. The molecule has 0 aromatic carbocycles. The lowest BCUT2D eigenvalue weighted by Crippen LogP contribution is -2.41. The molecule has 1 rings (SSSR count). The van der Waals surface area contributed by atoms with Crippen molar-refractivity contribution in [2.45, 2.75) is 45.1 Å². The summed E-state index contributed by atoms with van der Waals surface area (Å²) in [4.78, 5) is 36.0. The Bertz CT molecular complexity index is 480. The molecule has 0 saturated carbocycles. The molecule has 0 aromatic heterocycles. The summed E-state index contributed by atoms with van der Waals surface area (Å²) in [6, 6.07) is -0.311. The first kappa shape index (κ1) is 22.1. The van der Waals surface area contributed by atoms with Crippen LogP contribution in [0.2, 0.25) is 0 Å². The Hall–Kier alpha value is -1.93. The number of esters is 1. The summed E-state index contributed by atoms with van der Waals surface area (Å²) in [5.74, 6) is -1.21. The van der Waals surface area contributed by atoms with E-state index in [0.717, 1.165) is 6.42 Å². The van der Waals surface area contributed by atoms with E-state index in [1.165, 1.54) is 0 Å². The number of allylic oxidation sites excluding steroid dienone is 2. The molecule has 0 bridgehead atoms. The van der Waals surface area contributed by atoms with Gasteiger partial charge in [-0.3, -0.25) is 14.4 Å². The quantitative estimate of drug-likeness (QED) is 0.337. The first-order chi connectivity index (χ1) is 12.5. The standard InChI is InChI=1S/C18H30N2O6/c1-14-13-26-17(23)7-5-3-2-4-6-15(18(24)20-14)12-16(22)19-8-10-25-11-9-21/h2,4,14-15,21H,3,5-13H2,1H3,(H,19,22)(H,20,24)/t14-,15+/m0/s1. The molecule has 1 aliphatic rings. The van der Waals surface area contributed by atoms with E-state index in [1.807, 2.05) is 12.2 Å². The number of amides is 2. The van der Waals surface area contributed by atoms with Gasteiger partial charge in [-0.25, -0.2) is 0 Å². The summed E-state index contributed by atoms with van der Waals surface area (Å²) >= 11 is 0. The third-order valence-electron chi connectivity index (χ3n) is 3.83. The van der Waals surface area contributed by atoms with Crippen molar-refractivity contribution < 1.29 is 29.0 Å². The maximum atomic E-state index is 12.4. The topological polar surface area (TPSA) is 114 Å². The lowest BCUT2D eigenvalue weighted by atomic mass is 9.98. The summed E-state index contributed by atoms with van der Waals surface area (Å²) < 4.78 is 10.2. The van der Waals surface area contributed by atoms with Crippen LogP contribution in [0.25, 0.3) is 0 Å². The summed E-state index contributed by atoms with van der Waals surface area (Å²) in [5.41, 5.74) is 0. The van der Waals surface area contributed by atoms with Gasteiger partial charge in [0.2, 0.25) is 11.8 Å². The van der Waals surface area contributed by atoms with Gasteiger partial charge in [0.15, 0.2) is 0 Å². The maximum absolute atomic E-state index is 12.4. The highest BCUT2D eigenvalue weighted by Crippen LogP contribution is 2.12. The monoisotopic (exact) mass is 370 g/mol. The number of carbonyl (C=O) groups is 3. The van der Waals surface area contributed by atoms with Crippen molar-refractivity contribution in [3.63, 3.8) is 0 Å². The largest absolute Gasteiger partial charge is 0.464 e. The van der Waals surface area contributed by atoms with Crippen LogP contribution in [-0.4, -0.2) is 61.9 Å². The molecule has 26 heavy (non-hydrogen) atoms. The molecule has 148 valence electrons. The van der Waals surface area contributed by atoms with Crippen molar-refractivity contribution in [1.82, 2.24) is 10.6 Å². The molecule has 0 unspecified atom stereocenters. The van der Waals surface area contributed by atoms with Gasteiger partial charge >= 0.3 is 5.97 Å². The zero-order chi connectivity index (χ0) is 19.2. The molecule has 3 N–H and O–H groups in total. The summed E-state index contributed by atoms with van der Waals surface area (Å²) in [7, 11) is 0. The molecule has 0 aliphatic carbocycles. The van der Waals surface area contributed by atoms with Crippen LogP contribution in [0.15, 0.2) is 12.2 Å². The fourth-order valence-electron chi connectivity index (χ4n) is 2.44. The fraction of sp³-hybridized carbons (Fsp3) is 0.722. The SMILES string of the molecule is C[C@H]1COC(=O)CCCC=CC[C@H](CC(=O)NCCOCCO)C(=O)N1. The van der Waals surface area contributed by atoms with E-state index >= 15 is 0 Å². The van der Waals surface area contributed by atoms with Crippen LogP contribution in [0.4, 0.5) is 0 Å². The van der Waals surface area contributed by atoms with E-state index in [1.54, 1.807) is 6.92 Å². The first-order valence-electron chi connectivity index (χ1n) is 9.09. The van der Waals surface area contributed by atoms with E-state index < -0.39 is 5.92 Å². The number of ether oxygens (including phenoxy) is 2. The van der Waals surface area contributed by atoms with Gasteiger partial charge in [0, 0.05) is 19.4 Å². The van der Waals surface area contributed by atoms with Crippen LogP contribution in [0.3, 0.4) is 0 Å². The van der Waals surface area contributed by atoms with Gasteiger partial charge in [0.25, 0.3) is 0 Å². The normalized spacial score (nSPS) is 22.4. The van der Waals surface area contributed by atoms with Crippen molar-refractivity contribution in [2.24, 2.45) is 5.92 Å². The van der Waals surface area contributed by atoms with Gasteiger partial charge in [-0.2, -0.15) is 0 Å². The number of hydrogen-bond acceptors (Lipinski definition) is 6. The molecule has 8 nitrogen and oxygen atoms in total. The molecule has 1 aliphatic heterocycles. The third kappa shape index (κ3) is 10.1. The van der Waals surface area contributed by atoms with Crippen molar-refractivity contribution in [1.29, 1.82) is 0 Å². The van der Waals surface area contributed by atoms with Crippen LogP contribution >= 0.6 is 0 Å². The van der Waals surface area contributed by atoms with Crippen LogP contribution in [-0.2, 0) is 23.9 Å². The van der Waals surface area contributed by atoms with Crippen LogP contribution < -0.4 is 10.6 Å². The van der Waals surface area contributed by atoms with Gasteiger partial charge in [-0.15, -0.1) is 0 Å². The second kappa shape index (κ2) is 13.3. The molecular weight excluding hydrogens is 340 g/mol. The van der Waals surface area contributed by atoms with Crippen LogP contribution in [0.5, 0.6) is 0 Å². The molecule has 1 heterocycles. The zero-order valence-electron chi connectivity index (χ0n) is 15.4. The predicted octanol–water partition coefficient (Wildman–Crippen LogP) is 0.296. The van der Waals surface area contributed by atoms with Crippen LogP contribution in [0.1, 0.15) is 39.0 Å². The van der Waals surface area contributed by atoms with Crippen LogP contribution in [0, 0.1) is 5.92 Å². The summed E-state index contributed by atoms with van der Waals surface area (Å²) in [5, 5.41) is 14.1. The molecule has 0 saturated heterocycles. The number of aliphatic hydroxyl groups excluding tert-OH is 1. The number of rotatable bonds is 7. The summed E-state index contributed by atoms with van der Waals surface area (Å²) in [6.07, 6.45) is 6.13. The van der Waals surface area contributed by atoms with Crippen molar-refractivity contribution >= 4 is 17.8 Å². The highest BCUT2D eigenvalue weighted by molar-refractivity contribution is 5.86. The van der Waals surface area contributed by atoms with Gasteiger partial charge < -0.3 is 25.2 Å². The minimum Gasteiger partial charge on any atom is -0.464 e. The molecule has 8 heteroatoms. The first-order valence-corrected chi connectivity index (χ1v) is 9.09. The Balaban J connectivity index is 2.53. The lowest BCUT2D eigenvalue weighted by Gasteiger charge is -2.19. The lowest BCUT2D eigenvalue weighted by molar-refractivity contribution is -0.145. The Morgan fingerprint density at radius 2 is 2.19 bits per heavy atom. The molecule has 0 fully saturated rings. The predicted molar refractivity (Wildman–Crippen MR) is 95.2 cm³/mol. The summed E-state index contributed by atoms with van der Waals surface area (Å²) in [6.45, 7) is 2.69. The van der Waals surface area contributed by atoms with Crippen molar-refractivity contribution in [2.75, 3.05) is 33.0 Å². The molecule has 0 radical (unpaired) electrons. The smallest absolute Gasteiger partial charge is 0.305 e. The highest BCUT2D eigenvalue weighted by Gasteiger charge is 2.22. The van der Waals surface area contributed by atoms with E-state index in [2.05, 4.69) is 10.6 Å². The third-order valence-corrected chi connectivity index (χ3v) is 3.83. The number of hydrogen-bond donors (Lipinski definition) is 3. The second-order valence-electron chi connectivity index (χ2n) is 6.28. The van der Waals surface area contributed by atoms with Gasteiger partial charge in [0.05, 0.1) is 31.8 Å². The van der Waals surface area contributed by atoms with Crippen molar-refractivity contribution in [3.8, 4) is 0 Å². The Morgan fingerprint density at radius 3 is 2.96 bits per heavy atom. The molecule has 0 spiro atoms. The van der Waals surface area contributed by atoms with E-state index in [0.29, 0.717) is 32.4 Å². The Labute approximate surface area is 154 Å². The second-order valence-corrected chi connectivity index (χ2v) is 6.28. The van der Waals surface area contributed by atoms with E-state index in [4.69, 9.17) is 14.6 Å². The van der Waals surface area contributed by atoms with Gasteiger partial charge in [-0.1, -0.05) is 12.2 Å². The van der Waals surface area contributed by atoms with Gasteiger partial charge in [0.1, 0.15) is 6.61 Å². The number of aliphatic hydroxyl groups is 1. The fourth-order valence-corrected chi connectivity index (χ4v) is 2.44. The number of carbonyl (C=O) groups excluding carboxylic acids is 3. The Kier molecular flexibility index (Phi) is 11.3. The van der Waals surface area contributed by atoms with E-state index in [-0.39, 0.29) is 50.1 Å². The van der Waals surface area contributed by atoms with Gasteiger partial charge in [-0.05, 0) is 26.2 Å². The number of nitrogens with one attached hydrogen (secondary N) is 2. The average Bonchev–Trinajstić information content (AvgIpc) is 2.61. The molecular formula is C18H30N2O6. The zero-order valence-corrected chi connectivity index (χ0v) is 15.4. The molecule has 0 aromatic rings. The van der Waals surface area contributed by atoms with E-state index in [9.17, 15) is 14.4 Å². The minimum absolute atomic E-state index is 0.0595. The maximum Gasteiger partial charge on any atom is 0.305 e. The minimum atomic E-state index is -0.483. The molecule has 2 amide bonds. The number of cyclic esters (lactones) is 1.